The van der Waals surface area contributed by atoms with Crippen LogP contribution in [0.1, 0.15) is 57.2 Å². The van der Waals surface area contributed by atoms with Crippen molar-refractivity contribution in [1.29, 1.82) is 0 Å². The first kappa shape index (κ1) is 21.7. The number of methoxy groups -OCH3 is 1. The Labute approximate surface area is 163 Å². The van der Waals surface area contributed by atoms with Gasteiger partial charge in [0.25, 0.3) is 0 Å². The van der Waals surface area contributed by atoms with Crippen molar-refractivity contribution in [2.75, 3.05) is 26.7 Å². The van der Waals surface area contributed by atoms with Gasteiger partial charge in [-0.25, -0.2) is 0 Å². The van der Waals surface area contributed by atoms with Gasteiger partial charge in [0.1, 0.15) is 5.75 Å². The number of nitrogens with one attached hydrogen (secondary N) is 2. The molecule has 0 radical (unpaired) electrons. The normalized spacial score (nSPS) is 16.8. The second-order valence-corrected chi connectivity index (χ2v) is 8.57. The van der Waals surface area contributed by atoms with E-state index in [1.54, 1.807) is 7.11 Å². The van der Waals surface area contributed by atoms with Crippen LogP contribution < -0.4 is 15.5 Å². The summed E-state index contributed by atoms with van der Waals surface area (Å²) in [6, 6.07) is 4.55. The minimum Gasteiger partial charge on any atom is -0.496 e. The minimum absolute atomic E-state index is 0.0180. The number of aryl methyl sites for hydroxylation is 1. The fourth-order valence-corrected chi connectivity index (χ4v) is 3.76. The van der Waals surface area contributed by atoms with Gasteiger partial charge in [0.15, 0.2) is 0 Å². The molecule has 1 aliphatic heterocycles. The van der Waals surface area contributed by atoms with E-state index in [1.807, 2.05) is 12.4 Å². The molecule has 1 aliphatic rings. The molecule has 0 aromatic heterocycles. The van der Waals surface area contributed by atoms with Crippen LogP contribution in [0.25, 0.3) is 0 Å². The molecule has 1 atom stereocenters. The highest BCUT2D eigenvalue weighted by atomic mass is 16.5. The first-order valence-electron chi connectivity index (χ1n) is 9.83. The van der Waals surface area contributed by atoms with E-state index < -0.39 is 0 Å². The van der Waals surface area contributed by atoms with Gasteiger partial charge < -0.3 is 15.3 Å². The second-order valence-electron chi connectivity index (χ2n) is 8.57. The fraction of sp³-hybridized carbons (Fsp3) is 0.667. The molecule has 1 aromatic rings. The van der Waals surface area contributed by atoms with E-state index in [0.29, 0.717) is 0 Å². The minimum atomic E-state index is -0.200. The van der Waals surface area contributed by atoms with Crippen LogP contribution in [0.4, 0.5) is 0 Å². The molecule has 0 saturated carbocycles. The Kier molecular flexibility index (Phi) is 7.65. The van der Waals surface area contributed by atoms with Gasteiger partial charge in [-0.15, -0.1) is 0 Å². The van der Waals surface area contributed by atoms with Crippen LogP contribution in [0, 0.1) is 0 Å². The molecule has 1 aromatic carbocycles. The molecule has 2 rings (SSSR count). The van der Waals surface area contributed by atoms with E-state index >= 15 is 0 Å². The maximum Gasteiger partial charge on any atom is 0.236 e. The topological polar surface area (TPSA) is 73.8 Å². The second kappa shape index (κ2) is 9.53. The van der Waals surface area contributed by atoms with Crippen molar-refractivity contribution in [3.63, 3.8) is 0 Å². The molecule has 0 bridgehead atoms. The van der Waals surface area contributed by atoms with Crippen LogP contribution in [-0.2, 0) is 23.2 Å². The summed E-state index contributed by atoms with van der Waals surface area (Å²) >= 11 is 0. The number of amides is 1. The number of ether oxygens (including phenoxy) is 1. The molecule has 3 N–H and O–H groups in total. The van der Waals surface area contributed by atoms with E-state index in [1.165, 1.54) is 16.7 Å². The van der Waals surface area contributed by atoms with Gasteiger partial charge in [-0.05, 0) is 60.9 Å². The molecule has 0 fully saturated rings. The zero-order chi connectivity index (χ0) is 20.0. The molecule has 0 unspecified atom stereocenters. The van der Waals surface area contributed by atoms with Crippen molar-refractivity contribution >= 4 is 5.91 Å². The van der Waals surface area contributed by atoms with Crippen molar-refractivity contribution in [3.05, 3.63) is 28.8 Å². The number of hydrogen-bond acceptors (Lipinski definition) is 5. The summed E-state index contributed by atoms with van der Waals surface area (Å²) in [6.07, 6.45) is 3.41. The lowest BCUT2D eigenvalue weighted by atomic mass is 9.83. The average Bonchev–Trinajstić information content (AvgIpc) is 2.55. The third-order valence-electron chi connectivity index (χ3n) is 5.07. The Bertz CT molecular complexity index is 640. The molecule has 6 heteroatoms. The van der Waals surface area contributed by atoms with Gasteiger partial charge in [-0.3, -0.25) is 9.69 Å². The molecule has 0 aliphatic carbocycles. The highest BCUT2D eigenvalue weighted by Crippen LogP contribution is 2.35. The Hall–Kier alpha value is -1.63. The third kappa shape index (κ3) is 6.19. The number of benzene rings is 1. The van der Waals surface area contributed by atoms with Crippen molar-refractivity contribution < 1.29 is 14.7 Å². The molecule has 152 valence electrons. The van der Waals surface area contributed by atoms with Crippen LogP contribution >= 0.6 is 0 Å². The molecule has 0 spiro atoms. The Morgan fingerprint density at radius 2 is 2.04 bits per heavy atom. The summed E-state index contributed by atoms with van der Waals surface area (Å²) in [4.78, 5) is 14.1. The van der Waals surface area contributed by atoms with Gasteiger partial charge in [-0.1, -0.05) is 26.8 Å². The lowest BCUT2D eigenvalue weighted by molar-refractivity contribution is -0.122. The molecule has 0 saturated heterocycles. The van der Waals surface area contributed by atoms with Crippen molar-refractivity contribution in [3.8, 4) is 5.75 Å². The van der Waals surface area contributed by atoms with Gasteiger partial charge in [0, 0.05) is 19.1 Å². The van der Waals surface area contributed by atoms with Crippen molar-refractivity contribution in [1.82, 2.24) is 15.7 Å². The first-order chi connectivity index (χ1) is 12.7. The number of hydroxylamine groups is 1. The Morgan fingerprint density at radius 1 is 1.30 bits per heavy atom. The summed E-state index contributed by atoms with van der Waals surface area (Å²) in [5.74, 6) is 0.756. The van der Waals surface area contributed by atoms with Crippen LogP contribution in [0.2, 0.25) is 0 Å². The molecular formula is C21H35N3O3. The van der Waals surface area contributed by atoms with E-state index in [2.05, 4.69) is 43.1 Å². The van der Waals surface area contributed by atoms with Gasteiger partial charge in [0.2, 0.25) is 5.91 Å². The summed E-state index contributed by atoms with van der Waals surface area (Å²) in [5, 5.41) is 11.6. The average molecular weight is 378 g/mol. The third-order valence-corrected chi connectivity index (χ3v) is 5.07. The smallest absolute Gasteiger partial charge is 0.236 e. The lowest BCUT2D eigenvalue weighted by Crippen LogP contribution is -2.44. The number of nitrogens with zero attached hydrogens (tertiary/aromatic N) is 1. The van der Waals surface area contributed by atoms with Crippen LogP contribution in [-0.4, -0.2) is 48.8 Å². The molecule has 1 amide bonds. The molecule has 27 heavy (non-hydrogen) atoms. The predicted molar refractivity (Wildman–Crippen MR) is 107 cm³/mol. The summed E-state index contributed by atoms with van der Waals surface area (Å²) in [7, 11) is 1.74. The van der Waals surface area contributed by atoms with E-state index in [4.69, 9.17) is 9.94 Å². The van der Waals surface area contributed by atoms with E-state index in [-0.39, 0.29) is 23.9 Å². The monoisotopic (exact) mass is 377 g/mol. The van der Waals surface area contributed by atoms with Gasteiger partial charge in [-0.2, -0.15) is 5.48 Å². The maximum absolute atomic E-state index is 11.7. The largest absolute Gasteiger partial charge is 0.496 e. The van der Waals surface area contributed by atoms with Crippen LogP contribution in [0.3, 0.4) is 0 Å². The van der Waals surface area contributed by atoms with Gasteiger partial charge >= 0.3 is 0 Å². The Morgan fingerprint density at radius 3 is 2.67 bits per heavy atom. The summed E-state index contributed by atoms with van der Waals surface area (Å²) < 4.78 is 5.70. The van der Waals surface area contributed by atoms with E-state index in [0.717, 1.165) is 44.6 Å². The van der Waals surface area contributed by atoms with Crippen LogP contribution in [0.5, 0.6) is 5.75 Å². The van der Waals surface area contributed by atoms with Gasteiger partial charge in [0.05, 0.1) is 13.7 Å². The molecule has 6 nitrogen and oxygen atoms in total. The number of carbonyl (C=O) groups is 1. The number of hydrogen-bond donors (Lipinski definition) is 3. The predicted octanol–water partition coefficient (Wildman–Crippen LogP) is 2.61. The maximum atomic E-state index is 11.7. The highest BCUT2D eigenvalue weighted by Gasteiger charge is 2.23. The number of fused-ring (bicyclic) bond motifs is 1. The SMILES string of the molecule is COc1cc2c(cc1C(C)(C)C)CCCCN(C[C@H](C)NC(=O)CNO)C2. The Balaban J connectivity index is 2.18. The first-order valence-corrected chi connectivity index (χ1v) is 9.83. The quantitative estimate of drug-likeness (QED) is 0.665. The molecular weight excluding hydrogens is 342 g/mol. The lowest BCUT2D eigenvalue weighted by Gasteiger charge is -2.31. The van der Waals surface area contributed by atoms with Crippen molar-refractivity contribution in [2.45, 2.75) is 65.0 Å². The number of rotatable bonds is 6. The summed E-state index contributed by atoms with van der Waals surface area (Å²) in [5.41, 5.74) is 5.92. The zero-order valence-electron chi connectivity index (χ0n) is 17.4. The summed E-state index contributed by atoms with van der Waals surface area (Å²) in [6.45, 7) is 11.2. The van der Waals surface area contributed by atoms with Crippen LogP contribution in [0.15, 0.2) is 12.1 Å². The molecule has 1 heterocycles. The zero-order valence-corrected chi connectivity index (χ0v) is 17.4. The standard InChI is InChI=1S/C21H35N3O3/c1-15(23-20(25)12-22-26)13-24-9-7-6-8-16-10-18(21(2,3)4)19(27-5)11-17(16)14-24/h10-11,15,22,26H,6-9,12-14H2,1-5H3,(H,23,25)/t15-/m0/s1. The fourth-order valence-electron chi connectivity index (χ4n) is 3.76. The number of carbonyl (C=O) groups excluding carboxylic acids is 1. The van der Waals surface area contributed by atoms with Crippen molar-refractivity contribution in [2.24, 2.45) is 0 Å². The highest BCUT2D eigenvalue weighted by molar-refractivity contribution is 5.78. The van der Waals surface area contributed by atoms with E-state index in [9.17, 15) is 4.79 Å².